The van der Waals surface area contributed by atoms with Crippen molar-refractivity contribution in [2.45, 2.75) is 12.8 Å². The van der Waals surface area contributed by atoms with Crippen LogP contribution in [0.1, 0.15) is 23.2 Å². The van der Waals surface area contributed by atoms with Gasteiger partial charge in [-0.25, -0.2) is 4.98 Å². The van der Waals surface area contributed by atoms with Gasteiger partial charge < -0.3 is 0 Å². The lowest BCUT2D eigenvalue weighted by Gasteiger charge is -2.03. The van der Waals surface area contributed by atoms with Crippen molar-refractivity contribution in [3.8, 4) is 0 Å². The number of amides is 2. The van der Waals surface area contributed by atoms with Crippen molar-refractivity contribution in [1.29, 1.82) is 0 Å². The number of carbonyl (C=O) groups excluding carboxylic acids is 2. The van der Waals surface area contributed by atoms with Crippen LogP contribution in [0.2, 0.25) is 5.15 Å². The first kappa shape index (κ1) is 10.1. The van der Waals surface area contributed by atoms with Crippen molar-refractivity contribution < 1.29 is 9.59 Å². The summed E-state index contributed by atoms with van der Waals surface area (Å²) in [5, 5.41) is 2.41. The van der Waals surface area contributed by atoms with E-state index < -0.39 is 5.91 Å². The summed E-state index contributed by atoms with van der Waals surface area (Å²) in [5.74, 6) is -0.700. The molecule has 1 aromatic heterocycles. The first-order chi connectivity index (χ1) is 7.18. The topological polar surface area (TPSA) is 59.1 Å². The van der Waals surface area contributed by atoms with Crippen LogP contribution in [0, 0.1) is 5.92 Å². The summed E-state index contributed by atoms with van der Waals surface area (Å²) in [6.45, 7) is 0. The highest BCUT2D eigenvalue weighted by Gasteiger charge is 2.31. The Morgan fingerprint density at radius 1 is 1.47 bits per heavy atom. The molecule has 0 atom stereocenters. The number of aromatic nitrogens is 1. The van der Waals surface area contributed by atoms with Gasteiger partial charge in [-0.2, -0.15) is 0 Å². The van der Waals surface area contributed by atoms with E-state index in [4.69, 9.17) is 11.6 Å². The second-order valence-corrected chi connectivity index (χ2v) is 3.79. The van der Waals surface area contributed by atoms with Crippen LogP contribution in [0.25, 0.3) is 0 Å². The molecule has 1 aliphatic rings. The third-order valence-electron chi connectivity index (χ3n) is 2.19. The number of hydrogen-bond acceptors (Lipinski definition) is 3. The molecule has 0 unspecified atom stereocenters. The third kappa shape index (κ3) is 2.33. The zero-order valence-corrected chi connectivity index (χ0v) is 8.62. The summed E-state index contributed by atoms with van der Waals surface area (Å²) in [6.07, 6.45) is 3.21. The quantitative estimate of drug-likeness (QED) is 0.610. The van der Waals surface area contributed by atoms with Crippen LogP contribution in [0.5, 0.6) is 0 Å². The molecular weight excluding hydrogens is 216 g/mol. The molecule has 0 bridgehead atoms. The predicted octanol–water partition coefficient (Wildman–Crippen LogP) is 1.40. The number of hydrogen-bond donors (Lipinski definition) is 1. The SMILES string of the molecule is O=C(NC(=O)C1CC1)c1cccnc1Cl. The van der Waals surface area contributed by atoms with Crippen LogP contribution < -0.4 is 5.32 Å². The average molecular weight is 225 g/mol. The van der Waals surface area contributed by atoms with E-state index in [2.05, 4.69) is 10.3 Å². The number of carbonyl (C=O) groups is 2. The van der Waals surface area contributed by atoms with E-state index in [0.29, 0.717) is 0 Å². The Labute approximate surface area is 91.6 Å². The number of nitrogens with one attached hydrogen (secondary N) is 1. The van der Waals surface area contributed by atoms with Gasteiger partial charge >= 0.3 is 0 Å². The van der Waals surface area contributed by atoms with E-state index in [1.54, 1.807) is 6.07 Å². The fraction of sp³-hybridized carbons (Fsp3) is 0.300. The molecule has 1 heterocycles. The maximum absolute atomic E-state index is 11.6. The van der Waals surface area contributed by atoms with Crippen LogP contribution in [0.15, 0.2) is 18.3 Å². The van der Waals surface area contributed by atoms with Gasteiger partial charge in [-0.05, 0) is 25.0 Å². The molecule has 1 fully saturated rings. The van der Waals surface area contributed by atoms with Gasteiger partial charge in [-0.1, -0.05) is 11.6 Å². The molecular formula is C10H9ClN2O2. The first-order valence-electron chi connectivity index (χ1n) is 4.64. The molecule has 0 radical (unpaired) electrons. The van der Waals surface area contributed by atoms with E-state index in [0.717, 1.165) is 12.8 Å². The largest absolute Gasteiger partial charge is 0.292 e. The molecule has 2 amide bonds. The fourth-order valence-electron chi connectivity index (χ4n) is 1.18. The first-order valence-corrected chi connectivity index (χ1v) is 5.02. The molecule has 1 aliphatic carbocycles. The number of nitrogens with zero attached hydrogens (tertiary/aromatic N) is 1. The molecule has 0 aliphatic heterocycles. The highest BCUT2D eigenvalue weighted by molar-refractivity contribution is 6.33. The van der Waals surface area contributed by atoms with Gasteiger partial charge in [0, 0.05) is 12.1 Å². The minimum atomic E-state index is -0.481. The number of halogens is 1. The molecule has 5 heteroatoms. The molecule has 0 spiro atoms. The van der Waals surface area contributed by atoms with Gasteiger partial charge in [-0.3, -0.25) is 14.9 Å². The van der Waals surface area contributed by atoms with Crippen LogP contribution in [0.4, 0.5) is 0 Å². The Hall–Kier alpha value is -1.42. The van der Waals surface area contributed by atoms with E-state index in [1.807, 2.05) is 0 Å². The van der Waals surface area contributed by atoms with Crippen LogP contribution in [0.3, 0.4) is 0 Å². The Morgan fingerprint density at radius 3 is 2.80 bits per heavy atom. The average Bonchev–Trinajstić information content (AvgIpc) is 3.01. The minimum Gasteiger partial charge on any atom is -0.292 e. The van der Waals surface area contributed by atoms with Crippen molar-refractivity contribution >= 4 is 23.4 Å². The Balaban J connectivity index is 2.07. The van der Waals surface area contributed by atoms with Gasteiger partial charge in [-0.15, -0.1) is 0 Å². The van der Waals surface area contributed by atoms with E-state index >= 15 is 0 Å². The standard InChI is InChI=1S/C10H9ClN2O2/c11-8-7(2-1-5-12-8)10(15)13-9(14)6-3-4-6/h1-2,5-6H,3-4H2,(H,13,14,15). The number of imide groups is 1. The molecule has 0 saturated heterocycles. The molecule has 2 rings (SSSR count). The monoisotopic (exact) mass is 224 g/mol. The van der Waals surface area contributed by atoms with E-state index in [9.17, 15) is 9.59 Å². The summed E-state index contributed by atoms with van der Waals surface area (Å²) in [4.78, 5) is 26.6. The lowest BCUT2D eigenvalue weighted by molar-refractivity contribution is -0.121. The molecule has 1 N–H and O–H groups in total. The van der Waals surface area contributed by atoms with Gasteiger partial charge in [0.25, 0.3) is 5.91 Å². The summed E-state index contributed by atoms with van der Waals surface area (Å²) in [5.41, 5.74) is 0.230. The van der Waals surface area contributed by atoms with Gasteiger partial charge in [0.1, 0.15) is 5.15 Å². The van der Waals surface area contributed by atoms with Crippen molar-refractivity contribution in [3.63, 3.8) is 0 Å². The van der Waals surface area contributed by atoms with Crippen molar-refractivity contribution in [2.24, 2.45) is 5.92 Å². The molecule has 78 valence electrons. The maximum atomic E-state index is 11.6. The smallest absolute Gasteiger partial charge is 0.260 e. The van der Waals surface area contributed by atoms with Crippen LogP contribution in [-0.2, 0) is 4.79 Å². The lowest BCUT2D eigenvalue weighted by Crippen LogP contribution is -2.31. The van der Waals surface area contributed by atoms with Gasteiger partial charge in [0.15, 0.2) is 0 Å². The van der Waals surface area contributed by atoms with Gasteiger partial charge in [0.05, 0.1) is 5.56 Å². The lowest BCUT2D eigenvalue weighted by atomic mass is 10.2. The summed E-state index contributed by atoms with van der Waals surface area (Å²) >= 11 is 5.71. The Bertz CT molecular complexity index is 416. The Morgan fingerprint density at radius 2 is 2.20 bits per heavy atom. The third-order valence-corrected chi connectivity index (χ3v) is 2.49. The second-order valence-electron chi connectivity index (χ2n) is 3.43. The molecule has 0 aromatic carbocycles. The van der Waals surface area contributed by atoms with E-state index in [-0.39, 0.29) is 22.5 Å². The van der Waals surface area contributed by atoms with Crippen LogP contribution in [-0.4, -0.2) is 16.8 Å². The molecule has 1 saturated carbocycles. The van der Waals surface area contributed by atoms with Crippen molar-refractivity contribution in [1.82, 2.24) is 10.3 Å². The second kappa shape index (κ2) is 3.98. The summed E-state index contributed by atoms with van der Waals surface area (Å²) in [7, 11) is 0. The van der Waals surface area contributed by atoms with Crippen LogP contribution >= 0.6 is 11.6 Å². The molecule has 1 aromatic rings. The maximum Gasteiger partial charge on any atom is 0.260 e. The molecule has 4 nitrogen and oxygen atoms in total. The zero-order chi connectivity index (χ0) is 10.8. The zero-order valence-electron chi connectivity index (χ0n) is 7.87. The predicted molar refractivity (Wildman–Crippen MR) is 54.4 cm³/mol. The van der Waals surface area contributed by atoms with Crippen molar-refractivity contribution in [3.05, 3.63) is 29.0 Å². The fourth-order valence-corrected chi connectivity index (χ4v) is 1.39. The highest BCUT2D eigenvalue weighted by atomic mass is 35.5. The Kier molecular flexibility index (Phi) is 2.68. The molecule has 15 heavy (non-hydrogen) atoms. The normalized spacial score (nSPS) is 14.7. The van der Waals surface area contributed by atoms with E-state index in [1.165, 1.54) is 12.3 Å². The number of rotatable bonds is 2. The summed E-state index contributed by atoms with van der Waals surface area (Å²) in [6, 6.07) is 3.13. The minimum absolute atomic E-state index is 0.00407. The highest BCUT2D eigenvalue weighted by Crippen LogP contribution is 2.28. The van der Waals surface area contributed by atoms with Gasteiger partial charge in [0.2, 0.25) is 5.91 Å². The van der Waals surface area contributed by atoms with Crippen molar-refractivity contribution in [2.75, 3.05) is 0 Å². The summed E-state index contributed by atoms with van der Waals surface area (Å²) < 4.78 is 0. The number of pyridine rings is 1.